The molecule has 4 nitrogen and oxygen atoms in total. The van der Waals surface area contributed by atoms with E-state index < -0.39 is 18.8 Å². The minimum atomic E-state index is -4.64. The lowest BCUT2D eigenvalue weighted by Crippen LogP contribution is -2.45. The Labute approximate surface area is 97.8 Å². The van der Waals surface area contributed by atoms with Gasteiger partial charge in [0.1, 0.15) is 0 Å². The molecule has 0 aromatic carbocycles. The monoisotopic (exact) mass is 254 g/mol. The number of amides is 1. The van der Waals surface area contributed by atoms with Crippen LogP contribution in [0, 0.1) is 0 Å². The Morgan fingerprint density at radius 1 is 1.29 bits per heavy atom. The summed E-state index contributed by atoms with van der Waals surface area (Å²) < 4.78 is 35.8. The Morgan fingerprint density at radius 2 is 1.88 bits per heavy atom. The van der Waals surface area contributed by atoms with Crippen LogP contribution in [-0.4, -0.2) is 54.4 Å². The van der Waals surface area contributed by atoms with Crippen molar-refractivity contribution in [3.8, 4) is 0 Å². The SMILES string of the molecule is O=C(CNCC(O)C(F)(F)F)N1CCCCC1. The summed E-state index contributed by atoms with van der Waals surface area (Å²) in [5.74, 6) is -0.209. The van der Waals surface area contributed by atoms with E-state index in [-0.39, 0.29) is 12.5 Å². The minimum Gasteiger partial charge on any atom is -0.382 e. The van der Waals surface area contributed by atoms with Crippen LogP contribution in [0.4, 0.5) is 13.2 Å². The van der Waals surface area contributed by atoms with Gasteiger partial charge in [0.25, 0.3) is 0 Å². The fourth-order valence-electron chi connectivity index (χ4n) is 1.69. The van der Waals surface area contributed by atoms with Gasteiger partial charge in [0.05, 0.1) is 6.54 Å². The predicted molar refractivity (Wildman–Crippen MR) is 55.4 cm³/mol. The molecule has 17 heavy (non-hydrogen) atoms. The largest absolute Gasteiger partial charge is 0.415 e. The Bertz CT molecular complexity index is 252. The number of rotatable bonds is 4. The number of aliphatic hydroxyl groups is 1. The van der Waals surface area contributed by atoms with Crippen LogP contribution in [0.3, 0.4) is 0 Å². The van der Waals surface area contributed by atoms with Crippen molar-refractivity contribution in [2.45, 2.75) is 31.5 Å². The summed E-state index contributed by atoms with van der Waals surface area (Å²) in [5, 5.41) is 11.0. The lowest BCUT2D eigenvalue weighted by molar-refractivity contribution is -0.201. The number of alkyl halides is 3. The first-order valence-electron chi connectivity index (χ1n) is 5.64. The first-order chi connectivity index (χ1) is 7.91. The average molecular weight is 254 g/mol. The topological polar surface area (TPSA) is 52.6 Å². The van der Waals surface area contributed by atoms with Crippen molar-refractivity contribution >= 4 is 5.91 Å². The van der Waals surface area contributed by atoms with Crippen LogP contribution in [0.25, 0.3) is 0 Å². The summed E-state index contributed by atoms with van der Waals surface area (Å²) in [5.41, 5.74) is 0. The molecule has 0 saturated carbocycles. The van der Waals surface area contributed by atoms with Gasteiger partial charge in [-0.3, -0.25) is 4.79 Å². The van der Waals surface area contributed by atoms with Crippen molar-refractivity contribution < 1.29 is 23.1 Å². The van der Waals surface area contributed by atoms with E-state index in [9.17, 15) is 18.0 Å². The van der Waals surface area contributed by atoms with Gasteiger partial charge >= 0.3 is 6.18 Å². The van der Waals surface area contributed by atoms with E-state index in [0.717, 1.165) is 19.3 Å². The highest BCUT2D eigenvalue weighted by Gasteiger charge is 2.37. The van der Waals surface area contributed by atoms with Crippen LogP contribution in [0.1, 0.15) is 19.3 Å². The maximum Gasteiger partial charge on any atom is 0.415 e. The number of carbonyl (C=O) groups is 1. The Balaban J connectivity index is 2.19. The first-order valence-corrected chi connectivity index (χ1v) is 5.64. The van der Waals surface area contributed by atoms with Crippen LogP contribution in [-0.2, 0) is 4.79 Å². The highest BCUT2D eigenvalue weighted by Crippen LogP contribution is 2.19. The Morgan fingerprint density at radius 3 is 2.41 bits per heavy atom. The number of hydrogen-bond acceptors (Lipinski definition) is 3. The normalized spacial score (nSPS) is 19.2. The zero-order chi connectivity index (χ0) is 12.9. The van der Waals surface area contributed by atoms with E-state index in [2.05, 4.69) is 5.32 Å². The fraction of sp³-hybridized carbons (Fsp3) is 0.900. The molecule has 1 rings (SSSR count). The van der Waals surface area contributed by atoms with E-state index >= 15 is 0 Å². The molecule has 2 N–H and O–H groups in total. The molecular weight excluding hydrogens is 237 g/mol. The maximum atomic E-state index is 11.9. The standard InChI is InChI=1S/C10H17F3N2O2/c11-10(12,13)8(16)6-14-7-9(17)15-4-2-1-3-5-15/h8,14,16H,1-7H2. The second-order valence-corrected chi connectivity index (χ2v) is 4.13. The second-order valence-electron chi connectivity index (χ2n) is 4.13. The van der Waals surface area contributed by atoms with Crippen molar-refractivity contribution in [1.29, 1.82) is 0 Å². The van der Waals surface area contributed by atoms with Gasteiger partial charge in [0.2, 0.25) is 5.91 Å². The number of piperidine rings is 1. The quantitative estimate of drug-likeness (QED) is 0.768. The molecular formula is C10H17F3N2O2. The van der Waals surface area contributed by atoms with Gasteiger partial charge in [-0.1, -0.05) is 0 Å². The molecule has 0 aromatic heterocycles. The lowest BCUT2D eigenvalue weighted by atomic mass is 10.1. The molecule has 1 amide bonds. The van der Waals surface area contributed by atoms with E-state index in [4.69, 9.17) is 5.11 Å². The first kappa shape index (κ1) is 14.2. The molecule has 1 saturated heterocycles. The van der Waals surface area contributed by atoms with Crippen molar-refractivity contribution in [1.82, 2.24) is 10.2 Å². The number of halogens is 3. The summed E-state index contributed by atoms with van der Waals surface area (Å²) in [6.45, 7) is 0.529. The van der Waals surface area contributed by atoms with Crippen LogP contribution in [0.15, 0.2) is 0 Å². The van der Waals surface area contributed by atoms with Gasteiger partial charge in [-0.05, 0) is 19.3 Å². The molecule has 7 heteroatoms. The summed E-state index contributed by atoms with van der Waals surface area (Å²) in [7, 11) is 0. The fourth-order valence-corrected chi connectivity index (χ4v) is 1.69. The summed E-state index contributed by atoms with van der Waals surface area (Å²) in [6, 6.07) is 0. The molecule has 0 aliphatic carbocycles. The molecule has 1 heterocycles. The minimum absolute atomic E-state index is 0.160. The highest BCUT2D eigenvalue weighted by molar-refractivity contribution is 5.78. The molecule has 1 aliphatic heterocycles. The summed E-state index contributed by atoms with van der Waals surface area (Å²) >= 11 is 0. The molecule has 1 fully saturated rings. The number of hydrogen-bond donors (Lipinski definition) is 2. The Hall–Kier alpha value is -0.820. The summed E-state index contributed by atoms with van der Waals surface area (Å²) in [6.07, 6.45) is -4.09. The van der Waals surface area contributed by atoms with Gasteiger partial charge in [-0.15, -0.1) is 0 Å². The van der Waals surface area contributed by atoms with Gasteiger partial charge < -0.3 is 15.3 Å². The molecule has 0 bridgehead atoms. The second kappa shape index (κ2) is 6.20. The van der Waals surface area contributed by atoms with Crippen LogP contribution in [0.5, 0.6) is 0 Å². The van der Waals surface area contributed by atoms with Gasteiger partial charge in [0, 0.05) is 19.6 Å². The van der Waals surface area contributed by atoms with Crippen molar-refractivity contribution in [2.75, 3.05) is 26.2 Å². The average Bonchev–Trinajstić information content (AvgIpc) is 2.28. The Kier molecular flexibility index (Phi) is 5.20. The van der Waals surface area contributed by atoms with Gasteiger partial charge in [-0.25, -0.2) is 0 Å². The number of nitrogens with zero attached hydrogens (tertiary/aromatic N) is 1. The predicted octanol–water partition coefficient (Wildman–Crippen LogP) is 0.512. The molecule has 1 atom stereocenters. The lowest BCUT2D eigenvalue weighted by Gasteiger charge is -2.27. The molecule has 100 valence electrons. The summed E-state index contributed by atoms with van der Waals surface area (Å²) in [4.78, 5) is 13.2. The van der Waals surface area contributed by atoms with Crippen molar-refractivity contribution in [3.05, 3.63) is 0 Å². The maximum absolute atomic E-state index is 11.9. The zero-order valence-electron chi connectivity index (χ0n) is 9.46. The van der Waals surface area contributed by atoms with Crippen molar-refractivity contribution in [3.63, 3.8) is 0 Å². The van der Waals surface area contributed by atoms with Crippen LogP contribution >= 0.6 is 0 Å². The van der Waals surface area contributed by atoms with Gasteiger partial charge in [-0.2, -0.15) is 13.2 Å². The molecule has 0 aromatic rings. The number of likely N-dealkylation sites (tertiary alicyclic amines) is 1. The smallest absolute Gasteiger partial charge is 0.382 e. The third-order valence-electron chi connectivity index (χ3n) is 2.70. The van der Waals surface area contributed by atoms with E-state index in [1.165, 1.54) is 0 Å². The van der Waals surface area contributed by atoms with E-state index in [0.29, 0.717) is 13.1 Å². The molecule has 1 unspecified atom stereocenters. The number of carbonyl (C=O) groups excluding carboxylic acids is 1. The third kappa shape index (κ3) is 4.91. The molecule has 0 radical (unpaired) electrons. The van der Waals surface area contributed by atoms with Crippen LogP contribution in [0.2, 0.25) is 0 Å². The molecule has 0 spiro atoms. The third-order valence-corrected chi connectivity index (χ3v) is 2.70. The van der Waals surface area contributed by atoms with Crippen LogP contribution < -0.4 is 5.32 Å². The zero-order valence-corrected chi connectivity index (χ0v) is 9.46. The van der Waals surface area contributed by atoms with E-state index in [1.807, 2.05) is 0 Å². The number of aliphatic hydroxyl groups excluding tert-OH is 1. The van der Waals surface area contributed by atoms with E-state index in [1.54, 1.807) is 4.90 Å². The highest BCUT2D eigenvalue weighted by atomic mass is 19.4. The van der Waals surface area contributed by atoms with Crippen molar-refractivity contribution in [2.24, 2.45) is 0 Å². The molecule has 1 aliphatic rings. The number of nitrogens with one attached hydrogen (secondary N) is 1. The van der Waals surface area contributed by atoms with Gasteiger partial charge in [0.15, 0.2) is 6.10 Å².